The van der Waals surface area contributed by atoms with Crippen molar-refractivity contribution in [3.8, 4) is 11.5 Å². The number of carbonyl (C=O) groups is 1. The van der Waals surface area contributed by atoms with Gasteiger partial charge in [0.1, 0.15) is 12.4 Å². The summed E-state index contributed by atoms with van der Waals surface area (Å²) in [7, 11) is 0. The molecule has 0 spiro atoms. The molecule has 0 saturated heterocycles. The molecule has 23 heavy (non-hydrogen) atoms. The number of halogens is 3. The summed E-state index contributed by atoms with van der Waals surface area (Å²) in [6.45, 7) is 0.181. The molecule has 1 amide bonds. The monoisotopic (exact) mass is 357 g/mol. The van der Waals surface area contributed by atoms with E-state index in [2.05, 4.69) is 5.32 Å². The second kappa shape index (κ2) is 8.60. The molecule has 0 fully saturated rings. The van der Waals surface area contributed by atoms with Gasteiger partial charge in [-0.05, 0) is 30.3 Å². The SMILES string of the molecule is O=C(COc1ccc(Cl)cc1Cl)NCCOc1ccccc1F. The quantitative estimate of drug-likeness (QED) is 0.768. The Bertz CT molecular complexity index is 682. The lowest BCUT2D eigenvalue weighted by molar-refractivity contribution is -0.123. The molecule has 2 aromatic carbocycles. The first-order valence-corrected chi connectivity index (χ1v) is 7.54. The first-order chi connectivity index (χ1) is 11.1. The molecule has 4 nitrogen and oxygen atoms in total. The number of amides is 1. The Morgan fingerprint density at radius 3 is 2.61 bits per heavy atom. The number of benzene rings is 2. The predicted molar refractivity (Wildman–Crippen MR) is 86.9 cm³/mol. The van der Waals surface area contributed by atoms with Gasteiger partial charge in [0.15, 0.2) is 18.2 Å². The largest absolute Gasteiger partial charge is 0.489 e. The summed E-state index contributed by atoms with van der Waals surface area (Å²) in [6.07, 6.45) is 0. The van der Waals surface area contributed by atoms with Crippen LogP contribution in [0.5, 0.6) is 11.5 Å². The Morgan fingerprint density at radius 1 is 1.09 bits per heavy atom. The Morgan fingerprint density at radius 2 is 1.87 bits per heavy atom. The predicted octanol–water partition coefficient (Wildman–Crippen LogP) is 3.71. The van der Waals surface area contributed by atoms with E-state index in [9.17, 15) is 9.18 Å². The van der Waals surface area contributed by atoms with E-state index < -0.39 is 5.82 Å². The number of carbonyl (C=O) groups excluding carboxylic acids is 1. The number of hydrogen-bond donors (Lipinski definition) is 1. The minimum atomic E-state index is -0.445. The van der Waals surface area contributed by atoms with Crippen LogP contribution in [-0.4, -0.2) is 25.7 Å². The van der Waals surface area contributed by atoms with Gasteiger partial charge in [0, 0.05) is 5.02 Å². The summed E-state index contributed by atoms with van der Waals surface area (Å²) in [5, 5.41) is 3.40. The highest BCUT2D eigenvalue weighted by atomic mass is 35.5. The topological polar surface area (TPSA) is 47.6 Å². The molecule has 0 saturated carbocycles. The molecule has 2 rings (SSSR count). The van der Waals surface area contributed by atoms with E-state index in [0.29, 0.717) is 15.8 Å². The summed E-state index contributed by atoms with van der Waals surface area (Å²) in [5.41, 5.74) is 0. The van der Waals surface area contributed by atoms with Crippen LogP contribution in [0.1, 0.15) is 0 Å². The van der Waals surface area contributed by atoms with Gasteiger partial charge in [-0.2, -0.15) is 0 Å². The Balaban J connectivity index is 1.68. The number of para-hydroxylation sites is 1. The molecular formula is C16H14Cl2FNO3. The zero-order valence-corrected chi connectivity index (χ0v) is 13.5. The highest BCUT2D eigenvalue weighted by Gasteiger charge is 2.07. The van der Waals surface area contributed by atoms with Gasteiger partial charge in [-0.3, -0.25) is 4.79 Å². The lowest BCUT2D eigenvalue weighted by Gasteiger charge is -2.10. The van der Waals surface area contributed by atoms with Crippen LogP contribution in [-0.2, 0) is 4.79 Å². The maximum atomic E-state index is 13.3. The van der Waals surface area contributed by atoms with Gasteiger partial charge in [0.25, 0.3) is 5.91 Å². The highest BCUT2D eigenvalue weighted by Crippen LogP contribution is 2.27. The van der Waals surface area contributed by atoms with Crippen LogP contribution < -0.4 is 14.8 Å². The van der Waals surface area contributed by atoms with Crippen LogP contribution in [0.4, 0.5) is 4.39 Å². The smallest absolute Gasteiger partial charge is 0.258 e. The van der Waals surface area contributed by atoms with Crippen LogP contribution in [0.3, 0.4) is 0 Å². The Hall–Kier alpha value is -1.98. The van der Waals surface area contributed by atoms with E-state index in [0.717, 1.165) is 0 Å². The van der Waals surface area contributed by atoms with Gasteiger partial charge >= 0.3 is 0 Å². The average Bonchev–Trinajstić information content (AvgIpc) is 2.52. The highest BCUT2D eigenvalue weighted by molar-refractivity contribution is 6.35. The Kier molecular flexibility index (Phi) is 6.50. The van der Waals surface area contributed by atoms with Gasteiger partial charge in [0.2, 0.25) is 0 Å². The van der Waals surface area contributed by atoms with E-state index in [1.54, 1.807) is 24.3 Å². The van der Waals surface area contributed by atoms with Crippen molar-refractivity contribution in [3.63, 3.8) is 0 Å². The summed E-state index contributed by atoms with van der Waals surface area (Å²) >= 11 is 11.7. The fourth-order valence-corrected chi connectivity index (χ4v) is 2.16. The van der Waals surface area contributed by atoms with Gasteiger partial charge < -0.3 is 14.8 Å². The van der Waals surface area contributed by atoms with Crippen LogP contribution >= 0.6 is 23.2 Å². The molecule has 0 aliphatic rings. The van der Waals surface area contributed by atoms with Crippen molar-refractivity contribution in [1.82, 2.24) is 5.32 Å². The lowest BCUT2D eigenvalue weighted by Crippen LogP contribution is -2.32. The van der Waals surface area contributed by atoms with Crippen molar-refractivity contribution < 1.29 is 18.7 Å². The van der Waals surface area contributed by atoms with Crippen molar-refractivity contribution in [2.24, 2.45) is 0 Å². The van der Waals surface area contributed by atoms with Crippen LogP contribution in [0.2, 0.25) is 10.0 Å². The van der Waals surface area contributed by atoms with Gasteiger partial charge in [0.05, 0.1) is 11.6 Å². The van der Waals surface area contributed by atoms with Crippen molar-refractivity contribution >= 4 is 29.1 Å². The second-order valence-corrected chi connectivity index (χ2v) is 5.34. The molecule has 2 aromatic rings. The molecule has 0 bridgehead atoms. The van der Waals surface area contributed by atoms with Crippen LogP contribution in [0.15, 0.2) is 42.5 Å². The standard InChI is InChI=1S/C16H14Cl2FNO3/c17-11-5-6-14(12(18)9-11)23-10-16(21)20-7-8-22-15-4-2-1-3-13(15)19/h1-6,9H,7-8,10H2,(H,20,21). The maximum Gasteiger partial charge on any atom is 0.258 e. The molecule has 0 radical (unpaired) electrons. The third-order valence-corrected chi connectivity index (χ3v) is 3.30. The molecule has 0 aromatic heterocycles. The van der Waals surface area contributed by atoms with Crippen molar-refractivity contribution in [1.29, 1.82) is 0 Å². The minimum Gasteiger partial charge on any atom is -0.489 e. The molecular weight excluding hydrogens is 344 g/mol. The third kappa shape index (κ3) is 5.62. The molecule has 122 valence electrons. The fraction of sp³-hybridized carbons (Fsp3) is 0.188. The third-order valence-electron chi connectivity index (χ3n) is 2.77. The van der Waals surface area contributed by atoms with Gasteiger partial charge in [-0.1, -0.05) is 35.3 Å². The maximum absolute atomic E-state index is 13.3. The molecule has 1 N–H and O–H groups in total. The van der Waals surface area contributed by atoms with Crippen molar-refractivity contribution in [2.75, 3.05) is 19.8 Å². The first kappa shape index (κ1) is 17.4. The normalized spacial score (nSPS) is 10.2. The summed E-state index contributed by atoms with van der Waals surface area (Å²) < 4.78 is 23.8. The molecule has 0 aliphatic carbocycles. The van der Waals surface area contributed by atoms with Gasteiger partial charge in [-0.15, -0.1) is 0 Å². The molecule has 0 atom stereocenters. The van der Waals surface area contributed by atoms with Gasteiger partial charge in [-0.25, -0.2) is 4.39 Å². The summed E-state index contributed by atoms with van der Waals surface area (Å²) in [5.74, 6) is -0.271. The summed E-state index contributed by atoms with van der Waals surface area (Å²) in [6, 6.07) is 10.8. The zero-order chi connectivity index (χ0) is 16.7. The van der Waals surface area contributed by atoms with E-state index in [1.807, 2.05) is 0 Å². The molecule has 0 unspecified atom stereocenters. The fourth-order valence-electron chi connectivity index (χ4n) is 1.70. The lowest BCUT2D eigenvalue weighted by atomic mass is 10.3. The molecule has 7 heteroatoms. The number of ether oxygens (including phenoxy) is 2. The number of nitrogens with one attached hydrogen (secondary N) is 1. The van der Waals surface area contributed by atoms with Crippen LogP contribution in [0, 0.1) is 5.82 Å². The van der Waals surface area contributed by atoms with E-state index in [1.165, 1.54) is 18.2 Å². The average molecular weight is 358 g/mol. The van der Waals surface area contributed by atoms with Crippen LogP contribution in [0.25, 0.3) is 0 Å². The number of rotatable bonds is 7. The van der Waals surface area contributed by atoms with E-state index in [-0.39, 0.29) is 31.4 Å². The minimum absolute atomic E-state index is 0.144. The zero-order valence-electron chi connectivity index (χ0n) is 12.0. The molecule has 0 aliphatic heterocycles. The first-order valence-electron chi connectivity index (χ1n) is 6.78. The van der Waals surface area contributed by atoms with Crippen molar-refractivity contribution in [3.05, 3.63) is 58.3 Å². The second-order valence-electron chi connectivity index (χ2n) is 4.49. The van der Waals surface area contributed by atoms with E-state index >= 15 is 0 Å². The molecule has 0 heterocycles. The van der Waals surface area contributed by atoms with E-state index in [4.69, 9.17) is 32.7 Å². The number of hydrogen-bond acceptors (Lipinski definition) is 3. The summed E-state index contributed by atoms with van der Waals surface area (Å²) in [4.78, 5) is 11.6. The Labute approximate surface area is 143 Å². The van der Waals surface area contributed by atoms with Crippen molar-refractivity contribution in [2.45, 2.75) is 0 Å².